The van der Waals surface area contributed by atoms with E-state index in [1.165, 1.54) is 0 Å². The zero-order valence-electron chi connectivity index (χ0n) is 13.0. The Balaban J connectivity index is 1.48. The van der Waals surface area contributed by atoms with Crippen LogP contribution in [0.1, 0.15) is 19.3 Å². The molecule has 0 bridgehead atoms. The number of nitrogens with zero attached hydrogens (tertiary/aromatic N) is 1. The number of likely N-dealkylation sites (tertiary alicyclic amines) is 1. The summed E-state index contributed by atoms with van der Waals surface area (Å²) in [5, 5.41) is 6.21. The molecule has 2 fully saturated rings. The van der Waals surface area contributed by atoms with E-state index in [4.69, 9.17) is 0 Å². The highest BCUT2D eigenvalue weighted by molar-refractivity contribution is 9.09. The average Bonchev–Trinajstić information content (AvgIpc) is 3.02. The number of amides is 2. The van der Waals surface area contributed by atoms with Gasteiger partial charge in [0.1, 0.15) is 0 Å². The summed E-state index contributed by atoms with van der Waals surface area (Å²) >= 11 is 3.54. The molecule has 2 aliphatic rings. The fraction of sp³-hybridized carbons (Fsp3) is 0.529. The summed E-state index contributed by atoms with van der Waals surface area (Å²) < 4.78 is 0. The van der Waals surface area contributed by atoms with Crippen molar-refractivity contribution in [2.45, 2.75) is 30.1 Å². The van der Waals surface area contributed by atoms with Crippen LogP contribution in [0.15, 0.2) is 30.3 Å². The van der Waals surface area contributed by atoms with Gasteiger partial charge in [0, 0.05) is 36.1 Å². The number of rotatable bonds is 3. The van der Waals surface area contributed by atoms with Crippen LogP contribution in [-0.4, -0.2) is 47.2 Å². The lowest BCUT2D eigenvalue weighted by Gasteiger charge is -2.33. The van der Waals surface area contributed by atoms with E-state index in [1.807, 2.05) is 35.2 Å². The number of hydrogen-bond acceptors (Lipinski definition) is 3. The minimum atomic E-state index is -0.0749. The number of halogens is 1. The lowest BCUT2D eigenvalue weighted by Crippen LogP contribution is -2.48. The van der Waals surface area contributed by atoms with Crippen molar-refractivity contribution in [2.75, 3.05) is 25.0 Å². The molecule has 1 aromatic rings. The standard InChI is InChI=1S/C17H22BrN3O2/c18-13-10-15(19-11-13)17(23)21-8-6-12(7-9-21)16(22)20-14-4-2-1-3-5-14/h1-5,12-13,15,19H,6-11H2,(H,20,22). The van der Waals surface area contributed by atoms with E-state index in [0.29, 0.717) is 17.9 Å². The maximum atomic E-state index is 12.5. The molecule has 1 aromatic carbocycles. The van der Waals surface area contributed by atoms with Crippen LogP contribution in [0, 0.1) is 5.92 Å². The Hall–Kier alpha value is -1.40. The Bertz CT molecular complexity index is 558. The lowest BCUT2D eigenvalue weighted by molar-refractivity contribution is -0.136. The number of anilines is 1. The molecule has 2 amide bonds. The van der Waals surface area contributed by atoms with Gasteiger partial charge in [-0.05, 0) is 31.4 Å². The van der Waals surface area contributed by atoms with Gasteiger partial charge in [-0.15, -0.1) is 0 Å². The SMILES string of the molecule is O=C(Nc1ccccc1)C1CCN(C(=O)C2CC(Br)CN2)CC1. The van der Waals surface area contributed by atoms with Crippen LogP contribution >= 0.6 is 15.9 Å². The molecule has 2 saturated heterocycles. The molecule has 5 nitrogen and oxygen atoms in total. The highest BCUT2D eigenvalue weighted by atomic mass is 79.9. The lowest BCUT2D eigenvalue weighted by atomic mass is 9.95. The first-order valence-corrected chi connectivity index (χ1v) is 9.07. The van der Waals surface area contributed by atoms with Crippen molar-refractivity contribution in [3.63, 3.8) is 0 Å². The first kappa shape index (κ1) is 16.5. The monoisotopic (exact) mass is 379 g/mol. The number of hydrogen-bond donors (Lipinski definition) is 2. The van der Waals surface area contributed by atoms with Gasteiger partial charge < -0.3 is 15.5 Å². The van der Waals surface area contributed by atoms with Crippen molar-refractivity contribution < 1.29 is 9.59 Å². The van der Waals surface area contributed by atoms with Crippen LogP contribution in [-0.2, 0) is 9.59 Å². The van der Waals surface area contributed by atoms with E-state index in [9.17, 15) is 9.59 Å². The van der Waals surface area contributed by atoms with Gasteiger partial charge in [0.05, 0.1) is 6.04 Å². The number of carbonyl (C=O) groups excluding carboxylic acids is 2. The van der Waals surface area contributed by atoms with E-state index in [1.54, 1.807) is 0 Å². The second-order valence-electron chi connectivity index (χ2n) is 6.25. The van der Waals surface area contributed by atoms with Crippen LogP contribution in [0.25, 0.3) is 0 Å². The molecule has 0 aliphatic carbocycles. The Morgan fingerprint density at radius 1 is 1.17 bits per heavy atom. The third kappa shape index (κ3) is 4.12. The maximum Gasteiger partial charge on any atom is 0.239 e. The molecule has 2 atom stereocenters. The fourth-order valence-electron chi connectivity index (χ4n) is 3.23. The zero-order chi connectivity index (χ0) is 16.2. The number of benzene rings is 1. The van der Waals surface area contributed by atoms with E-state index in [2.05, 4.69) is 26.6 Å². The van der Waals surface area contributed by atoms with Gasteiger partial charge in [-0.1, -0.05) is 34.1 Å². The molecule has 2 heterocycles. The topological polar surface area (TPSA) is 61.4 Å². The summed E-state index contributed by atoms with van der Waals surface area (Å²) in [6, 6.07) is 9.44. The smallest absolute Gasteiger partial charge is 0.239 e. The molecular formula is C17H22BrN3O2. The molecule has 0 aromatic heterocycles. The highest BCUT2D eigenvalue weighted by Crippen LogP contribution is 2.22. The summed E-state index contributed by atoms with van der Waals surface area (Å²) in [7, 11) is 0. The van der Waals surface area contributed by atoms with Gasteiger partial charge >= 0.3 is 0 Å². The second-order valence-corrected chi connectivity index (χ2v) is 7.54. The van der Waals surface area contributed by atoms with Crippen LogP contribution in [0.5, 0.6) is 0 Å². The van der Waals surface area contributed by atoms with Crippen molar-refractivity contribution in [1.82, 2.24) is 10.2 Å². The van der Waals surface area contributed by atoms with Gasteiger partial charge in [-0.25, -0.2) is 0 Å². The quantitative estimate of drug-likeness (QED) is 0.789. The molecule has 124 valence electrons. The summed E-state index contributed by atoms with van der Waals surface area (Å²) in [5.41, 5.74) is 0.828. The molecule has 6 heteroatoms. The van der Waals surface area contributed by atoms with Crippen molar-refractivity contribution in [3.8, 4) is 0 Å². The number of para-hydroxylation sites is 1. The number of alkyl halides is 1. The Kier molecular flexibility index (Phi) is 5.33. The number of nitrogens with one attached hydrogen (secondary N) is 2. The zero-order valence-corrected chi connectivity index (χ0v) is 14.6. The summed E-state index contributed by atoms with van der Waals surface area (Å²) in [6.45, 7) is 2.17. The summed E-state index contributed by atoms with van der Waals surface area (Å²) in [6.07, 6.45) is 2.30. The Labute approximate surface area is 144 Å². The van der Waals surface area contributed by atoms with Crippen LogP contribution in [0.3, 0.4) is 0 Å². The fourth-order valence-corrected chi connectivity index (χ4v) is 3.79. The molecule has 2 unspecified atom stereocenters. The molecule has 2 N–H and O–H groups in total. The molecule has 0 saturated carbocycles. The van der Waals surface area contributed by atoms with E-state index >= 15 is 0 Å². The minimum absolute atomic E-state index is 0.0142. The molecule has 2 aliphatic heterocycles. The number of carbonyl (C=O) groups is 2. The number of piperidine rings is 1. The van der Waals surface area contributed by atoms with Crippen molar-refractivity contribution in [2.24, 2.45) is 5.92 Å². The molecule has 3 rings (SSSR count). The van der Waals surface area contributed by atoms with Crippen LogP contribution < -0.4 is 10.6 Å². The maximum absolute atomic E-state index is 12.5. The van der Waals surface area contributed by atoms with Crippen LogP contribution in [0.2, 0.25) is 0 Å². The van der Waals surface area contributed by atoms with Gasteiger partial charge in [0.25, 0.3) is 0 Å². The van der Waals surface area contributed by atoms with Crippen molar-refractivity contribution >= 4 is 33.4 Å². The van der Waals surface area contributed by atoms with Gasteiger partial charge in [0.2, 0.25) is 11.8 Å². The predicted molar refractivity (Wildman–Crippen MR) is 93.5 cm³/mol. The summed E-state index contributed by atoms with van der Waals surface area (Å²) in [4.78, 5) is 27.0. The second kappa shape index (κ2) is 7.45. The van der Waals surface area contributed by atoms with Gasteiger partial charge in [-0.2, -0.15) is 0 Å². The predicted octanol–water partition coefficient (Wildman–Crippen LogP) is 1.99. The minimum Gasteiger partial charge on any atom is -0.341 e. The van der Waals surface area contributed by atoms with Gasteiger partial charge in [0.15, 0.2) is 0 Å². The van der Waals surface area contributed by atoms with E-state index in [0.717, 1.165) is 31.5 Å². The van der Waals surface area contributed by atoms with Crippen molar-refractivity contribution in [3.05, 3.63) is 30.3 Å². The highest BCUT2D eigenvalue weighted by Gasteiger charge is 2.34. The molecule has 0 spiro atoms. The molecule has 0 radical (unpaired) electrons. The van der Waals surface area contributed by atoms with Crippen LogP contribution in [0.4, 0.5) is 5.69 Å². The molecular weight excluding hydrogens is 358 g/mol. The van der Waals surface area contributed by atoms with Gasteiger partial charge in [-0.3, -0.25) is 9.59 Å². The third-order valence-corrected chi connectivity index (χ3v) is 5.29. The Morgan fingerprint density at radius 2 is 1.87 bits per heavy atom. The largest absolute Gasteiger partial charge is 0.341 e. The van der Waals surface area contributed by atoms with E-state index < -0.39 is 0 Å². The van der Waals surface area contributed by atoms with Crippen molar-refractivity contribution in [1.29, 1.82) is 0 Å². The first-order valence-electron chi connectivity index (χ1n) is 8.15. The third-order valence-electron chi connectivity index (χ3n) is 4.59. The first-order chi connectivity index (χ1) is 11.1. The summed E-state index contributed by atoms with van der Waals surface area (Å²) in [5.74, 6) is 0.219. The van der Waals surface area contributed by atoms with E-state index in [-0.39, 0.29) is 23.8 Å². The normalized spacial score (nSPS) is 25.3. The Morgan fingerprint density at radius 3 is 2.48 bits per heavy atom. The molecule has 23 heavy (non-hydrogen) atoms. The average molecular weight is 380 g/mol.